The van der Waals surface area contributed by atoms with Crippen molar-refractivity contribution >= 4 is 50.7 Å². The van der Waals surface area contributed by atoms with Gasteiger partial charge in [-0.15, -0.1) is 0 Å². The lowest BCUT2D eigenvalue weighted by atomic mass is 10.1. The van der Waals surface area contributed by atoms with Gasteiger partial charge in [0.15, 0.2) is 11.5 Å². The SMILES string of the molecule is CC[C@@H](C(=O)NC1CCCC1)N(Cc1c(Cl)cccc1Cl)C(=O)CN(c1cc(OC)ccc1OC)S(=O)(=O)c1ccc(OC)c(OC)c1. The van der Waals surface area contributed by atoms with Crippen LogP contribution in [0.25, 0.3) is 0 Å². The Morgan fingerprint density at radius 1 is 0.875 bits per heavy atom. The van der Waals surface area contributed by atoms with Gasteiger partial charge in [-0.2, -0.15) is 0 Å². The highest BCUT2D eigenvalue weighted by Crippen LogP contribution is 2.38. The molecule has 1 aliphatic carbocycles. The van der Waals surface area contributed by atoms with Gasteiger partial charge in [0.05, 0.1) is 39.0 Å². The third kappa shape index (κ3) is 8.22. The number of methoxy groups -OCH3 is 4. The van der Waals surface area contributed by atoms with Gasteiger partial charge in [-0.05, 0) is 55.7 Å². The molecule has 0 spiro atoms. The van der Waals surface area contributed by atoms with Crippen LogP contribution in [0.3, 0.4) is 0 Å². The van der Waals surface area contributed by atoms with Crippen molar-refractivity contribution in [2.45, 2.75) is 62.6 Å². The van der Waals surface area contributed by atoms with E-state index in [0.29, 0.717) is 27.1 Å². The quantitative estimate of drug-likeness (QED) is 0.200. The number of ether oxygens (including phenoxy) is 4. The predicted octanol–water partition coefficient (Wildman–Crippen LogP) is 6.09. The Balaban J connectivity index is 1.85. The van der Waals surface area contributed by atoms with Gasteiger partial charge in [-0.25, -0.2) is 8.42 Å². The number of carbonyl (C=O) groups excluding carboxylic acids is 2. The number of hydrogen-bond acceptors (Lipinski definition) is 8. The topological polar surface area (TPSA) is 124 Å². The van der Waals surface area contributed by atoms with Crippen LogP contribution in [0.4, 0.5) is 5.69 Å². The van der Waals surface area contributed by atoms with Crippen molar-refractivity contribution in [1.29, 1.82) is 0 Å². The van der Waals surface area contributed by atoms with Crippen LogP contribution in [-0.2, 0) is 26.2 Å². The van der Waals surface area contributed by atoms with E-state index in [2.05, 4.69) is 5.32 Å². The molecule has 3 aromatic carbocycles. The van der Waals surface area contributed by atoms with Crippen LogP contribution >= 0.6 is 23.2 Å². The summed E-state index contributed by atoms with van der Waals surface area (Å²) < 4.78 is 51.7. The number of anilines is 1. The van der Waals surface area contributed by atoms with Crippen molar-refractivity contribution in [3.05, 3.63) is 70.2 Å². The molecule has 48 heavy (non-hydrogen) atoms. The summed E-state index contributed by atoms with van der Waals surface area (Å²) in [7, 11) is 1.16. The number of nitrogens with zero attached hydrogens (tertiary/aromatic N) is 2. The Hall–Kier alpha value is -3.87. The molecule has 0 heterocycles. The summed E-state index contributed by atoms with van der Waals surface area (Å²) >= 11 is 13.1. The zero-order valence-electron chi connectivity index (χ0n) is 27.6. The number of sulfonamides is 1. The van der Waals surface area contributed by atoms with E-state index in [4.69, 9.17) is 42.1 Å². The standard InChI is InChI=1S/C34H41Cl2N3O8S/c1-6-28(34(41)37-22-10-7-8-11-22)38(20-25-26(35)12-9-13-27(25)36)33(40)21-39(29-18-23(44-2)14-16-30(29)45-3)48(42,43)24-15-17-31(46-4)32(19-24)47-5/h9,12-19,22,28H,6-8,10-11,20-21H2,1-5H3,(H,37,41)/t28-/m0/s1. The first-order chi connectivity index (χ1) is 23.0. The molecular formula is C34H41Cl2N3O8S. The molecule has 0 aliphatic heterocycles. The van der Waals surface area contributed by atoms with Gasteiger partial charge in [-0.1, -0.05) is 49.0 Å². The lowest BCUT2D eigenvalue weighted by Gasteiger charge is -2.34. The summed E-state index contributed by atoms with van der Waals surface area (Å²) in [6.07, 6.45) is 3.95. The number of halogens is 2. The zero-order valence-corrected chi connectivity index (χ0v) is 30.0. The van der Waals surface area contributed by atoms with Crippen molar-refractivity contribution in [1.82, 2.24) is 10.2 Å². The van der Waals surface area contributed by atoms with E-state index in [9.17, 15) is 18.0 Å². The van der Waals surface area contributed by atoms with Crippen LogP contribution in [0.2, 0.25) is 10.0 Å². The van der Waals surface area contributed by atoms with Crippen molar-refractivity contribution < 1.29 is 37.0 Å². The Morgan fingerprint density at radius 3 is 2.08 bits per heavy atom. The molecule has 1 fully saturated rings. The second kappa shape index (κ2) is 16.5. The summed E-state index contributed by atoms with van der Waals surface area (Å²) in [5.74, 6) is -0.0262. The van der Waals surface area contributed by atoms with E-state index >= 15 is 0 Å². The third-order valence-corrected chi connectivity index (χ3v) is 10.8. The molecule has 0 bridgehead atoms. The fourth-order valence-electron chi connectivity index (χ4n) is 5.75. The molecule has 1 aliphatic rings. The molecule has 1 N–H and O–H groups in total. The van der Waals surface area contributed by atoms with Gasteiger partial charge in [0.2, 0.25) is 11.8 Å². The van der Waals surface area contributed by atoms with Crippen LogP contribution in [-0.4, -0.2) is 72.2 Å². The van der Waals surface area contributed by atoms with Crippen molar-refractivity contribution in [2.24, 2.45) is 0 Å². The Kier molecular flexibility index (Phi) is 12.7. The van der Waals surface area contributed by atoms with Gasteiger partial charge < -0.3 is 29.2 Å². The number of rotatable bonds is 15. The van der Waals surface area contributed by atoms with Gasteiger partial charge in [0.25, 0.3) is 10.0 Å². The van der Waals surface area contributed by atoms with Crippen molar-refractivity contribution in [2.75, 3.05) is 39.3 Å². The first-order valence-corrected chi connectivity index (χ1v) is 17.7. The van der Waals surface area contributed by atoms with Crippen LogP contribution in [0, 0.1) is 0 Å². The Morgan fingerprint density at radius 2 is 1.50 bits per heavy atom. The minimum absolute atomic E-state index is 0.00428. The zero-order chi connectivity index (χ0) is 35.0. The monoisotopic (exact) mass is 721 g/mol. The molecular weight excluding hydrogens is 681 g/mol. The molecule has 0 unspecified atom stereocenters. The highest BCUT2D eigenvalue weighted by Gasteiger charge is 2.36. The summed E-state index contributed by atoms with van der Waals surface area (Å²) in [5.41, 5.74) is 0.466. The minimum Gasteiger partial charge on any atom is -0.497 e. The summed E-state index contributed by atoms with van der Waals surface area (Å²) in [6, 6.07) is 12.7. The van der Waals surface area contributed by atoms with Gasteiger partial charge >= 0.3 is 0 Å². The first-order valence-electron chi connectivity index (χ1n) is 15.5. The molecule has 0 saturated heterocycles. The fourth-order valence-corrected chi connectivity index (χ4v) is 7.70. The van der Waals surface area contributed by atoms with Gasteiger partial charge in [0, 0.05) is 40.3 Å². The lowest BCUT2D eigenvalue weighted by Crippen LogP contribution is -2.53. The average molecular weight is 723 g/mol. The van der Waals surface area contributed by atoms with Crippen LogP contribution in [0.5, 0.6) is 23.0 Å². The van der Waals surface area contributed by atoms with Crippen LogP contribution in [0.15, 0.2) is 59.5 Å². The molecule has 2 amide bonds. The Bertz CT molecular complexity index is 1700. The third-order valence-electron chi connectivity index (χ3n) is 8.35. The summed E-state index contributed by atoms with van der Waals surface area (Å²) in [4.78, 5) is 29.5. The molecule has 14 heteroatoms. The fraction of sp³-hybridized carbons (Fsp3) is 0.412. The molecule has 11 nitrogen and oxygen atoms in total. The molecule has 1 atom stereocenters. The largest absolute Gasteiger partial charge is 0.497 e. The second-order valence-corrected chi connectivity index (χ2v) is 13.9. The maximum absolute atomic E-state index is 14.6. The first kappa shape index (κ1) is 37.0. The molecule has 3 aromatic rings. The van der Waals surface area contributed by atoms with E-state index in [1.54, 1.807) is 37.3 Å². The van der Waals surface area contributed by atoms with Gasteiger partial charge in [-0.3, -0.25) is 13.9 Å². The van der Waals surface area contributed by atoms with Crippen molar-refractivity contribution in [3.8, 4) is 23.0 Å². The highest BCUT2D eigenvalue weighted by atomic mass is 35.5. The molecule has 0 radical (unpaired) electrons. The van der Waals surface area contributed by atoms with E-state index in [0.717, 1.165) is 30.0 Å². The number of hydrogen-bond donors (Lipinski definition) is 1. The van der Waals surface area contributed by atoms with E-state index in [-0.39, 0.29) is 47.0 Å². The van der Waals surface area contributed by atoms with Gasteiger partial charge in [0.1, 0.15) is 24.1 Å². The molecule has 260 valence electrons. The van der Waals surface area contributed by atoms with E-state index < -0.39 is 28.5 Å². The Labute approximate surface area is 292 Å². The number of benzene rings is 3. The number of amides is 2. The molecule has 1 saturated carbocycles. The summed E-state index contributed by atoms with van der Waals surface area (Å²) in [6.45, 7) is 0.930. The number of nitrogens with one attached hydrogen (secondary N) is 1. The number of carbonyl (C=O) groups is 2. The van der Waals surface area contributed by atoms with Crippen LogP contribution < -0.4 is 28.6 Å². The lowest BCUT2D eigenvalue weighted by molar-refractivity contribution is -0.140. The van der Waals surface area contributed by atoms with Crippen molar-refractivity contribution in [3.63, 3.8) is 0 Å². The average Bonchev–Trinajstić information content (AvgIpc) is 3.60. The molecule has 0 aromatic heterocycles. The predicted molar refractivity (Wildman–Crippen MR) is 185 cm³/mol. The van der Waals surface area contributed by atoms with E-state index in [1.807, 2.05) is 0 Å². The maximum atomic E-state index is 14.6. The second-order valence-electron chi connectivity index (χ2n) is 11.2. The summed E-state index contributed by atoms with van der Waals surface area (Å²) in [5, 5.41) is 3.69. The van der Waals surface area contributed by atoms with E-state index in [1.165, 1.54) is 57.6 Å². The smallest absolute Gasteiger partial charge is 0.265 e. The van der Waals surface area contributed by atoms with Crippen LogP contribution in [0.1, 0.15) is 44.6 Å². The highest BCUT2D eigenvalue weighted by molar-refractivity contribution is 7.92. The molecule has 4 rings (SSSR count). The maximum Gasteiger partial charge on any atom is 0.265 e. The minimum atomic E-state index is -4.50. The normalized spacial score (nSPS) is 13.8.